The van der Waals surface area contributed by atoms with Crippen LogP contribution in [0.4, 0.5) is 10.1 Å². The standard InChI is InChI=1S/C25H22FNO6/c1-3-21(28)16-4-11-20(12-5-16)33-25(30)17-6-13-22(23(14-17)31-2)32-15-24(29)27-19-9-7-18(26)8-10-19/h4-14H,3,15H2,1-2H3,(H,27,29). The van der Waals surface area contributed by atoms with Gasteiger partial charge in [0.25, 0.3) is 5.91 Å². The first-order chi connectivity index (χ1) is 15.9. The van der Waals surface area contributed by atoms with Crippen LogP contribution in [0, 0.1) is 5.82 Å². The molecule has 7 nitrogen and oxygen atoms in total. The summed E-state index contributed by atoms with van der Waals surface area (Å²) in [6.07, 6.45) is 0.390. The number of amides is 1. The molecule has 3 aromatic rings. The largest absolute Gasteiger partial charge is 0.493 e. The maximum atomic E-state index is 13.0. The highest BCUT2D eigenvalue weighted by Gasteiger charge is 2.15. The summed E-state index contributed by atoms with van der Waals surface area (Å²) in [4.78, 5) is 36.3. The van der Waals surface area contributed by atoms with Crippen molar-refractivity contribution >= 4 is 23.3 Å². The second-order valence-corrected chi connectivity index (χ2v) is 6.90. The molecule has 170 valence electrons. The van der Waals surface area contributed by atoms with Gasteiger partial charge in [0.05, 0.1) is 12.7 Å². The smallest absolute Gasteiger partial charge is 0.343 e. The van der Waals surface area contributed by atoms with E-state index in [9.17, 15) is 18.8 Å². The quantitative estimate of drug-likeness (QED) is 0.289. The molecular weight excluding hydrogens is 429 g/mol. The maximum Gasteiger partial charge on any atom is 0.343 e. The molecule has 8 heteroatoms. The van der Waals surface area contributed by atoms with Crippen molar-refractivity contribution in [1.29, 1.82) is 0 Å². The van der Waals surface area contributed by atoms with Crippen LogP contribution < -0.4 is 19.5 Å². The lowest BCUT2D eigenvalue weighted by Gasteiger charge is -2.12. The fourth-order valence-electron chi connectivity index (χ4n) is 2.87. The van der Waals surface area contributed by atoms with Gasteiger partial charge in [0, 0.05) is 17.7 Å². The fraction of sp³-hybridized carbons (Fsp3) is 0.160. The molecule has 0 aliphatic heterocycles. The van der Waals surface area contributed by atoms with Crippen LogP contribution in [-0.4, -0.2) is 31.4 Å². The number of ether oxygens (including phenoxy) is 3. The molecular formula is C25H22FNO6. The van der Waals surface area contributed by atoms with Crippen molar-refractivity contribution in [3.8, 4) is 17.2 Å². The minimum atomic E-state index is -0.622. The predicted molar refractivity (Wildman–Crippen MR) is 120 cm³/mol. The van der Waals surface area contributed by atoms with Crippen LogP contribution in [0.1, 0.15) is 34.1 Å². The van der Waals surface area contributed by atoms with Gasteiger partial charge in [0.2, 0.25) is 0 Å². The molecule has 0 saturated carbocycles. The average molecular weight is 451 g/mol. The van der Waals surface area contributed by atoms with Crippen molar-refractivity contribution in [1.82, 2.24) is 0 Å². The Morgan fingerprint density at radius 3 is 2.18 bits per heavy atom. The van der Waals surface area contributed by atoms with Crippen molar-refractivity contribution < 1.29 is 33.0 Å². The van der Waals surface area contributed by atoms with Gasteiger partial charge in [-0.25, -0.2) is 9.18 Å². The Morgan fingerprint density at radius 2 is 1.55 bits per heavy atom. The molecule has 3 aromatic carbocycles. The van der Waals surface area contributed by atoms with Crippen LogP contribution in [0.15, 0.2) is 66.7 Å². The monoisotopic (exact) mass is 451 g/mol. The van der Waals surface area contributed by atoms with E-state index in [1.54, 1.807) is 31.2 Å². The summed E-state index contributed by atoms with van der Waals surface area (Å²) in [5, 5.41) is 2.58. The second-order valence-electron chi connectivity index (χ2n) is 6.90. The van der Waals surface area contributed by atoms with Gasteiger partial charge in [-0.2, -0.15) is 0 Å². The molecule has 33 heavy (non-hydrogen) atoms. The third kappa shape index (κ3) is 6.39. The number of Topliss-reactive ketones (excluding diaryl/α,β-unsaturated/α-hetero) is 1. The summed E-state index contributed by atoms with van der Waals surface area (Å²) < 4.78 is 29.0. The molecule has 0 unspecified atom stereocenters. The van der Waals surface area contributed by atoms with Crippen LogP contribution in [0.3, 0.4) is 0 Å². The van der Waals surface area contributed by atoms with Gasteiger partial charge < -0.3 is 19.5 Å². The molecule has 1 N–H and O–H groups in total. The minimum Gasteiger partial charge on any atom is -0.493 e. The van der Waals surface area contributed by atoms with Gasteiger partial charge in [-0.1, -0.05) is 6.92 Å². The molecule has 1 amide bonds. The van der Waals surface area contributed by atoms with Crippen molar-refractivity contribution in [2.24, 2.45) is 0 Å². The van der Waals surface area contributed by atoms with E-state index in [1.807, 2.05) is 0 Å². The number of hydrogen-bond donors (Lipinski definition) is 1. The molecule has 0 heterocycles. The lowest BCUT2D eigenvalue weighted by Crippen LogP contribution is -2.20. The number of carbonyl (C=O) groups excluding carboxylic acids is 3. The molecule has 0 aliphatic rings. The van der Waals surface area contributed by atoms with Crippen molar-refractivity contribution in [3.05, 3.63) is 83.7 Å². The van der Waals surface area contributed by atoms with E-state index in [0.717, 1.165) is 0 Å². The summed E-state index contributed by atoms with van der Waals surface area (Å²) >= 11 is 0. The van der Waals surface area contributed by atoms with E-state index >= 15 is 0 Å². The first kappa shape index (κ1) is 23.5. The SMILES string of the molecule is CCC(=O)c1ccc(OC(=O)c2ccc(OCC(=O)Nc3ccc(F)cc3)c(OC)c2)cc1. The lowest BCUT2D eigenvalue weighted by atomic mass is 10.1. The van der Waals surface area contributed by atoms with Gasteiger partial charge in [-0.05, 0) is 66.7 Å². The van der Waals surface area contributed by atoms with Gasteiger partial charge in [-0.3, -0.25) is 9.59 Å². The first-order valence-corrected chi connectivity index (χ1v) is 10.1. The van der Waals surface area contributed by atoms with E-state index in [1.165, 1.54) is 49.6 Å². The molecule has 0 radical (unpaired) electrons. The van der Waals surface area contributed by atoms with E-state index in [4.69, 9.17) is 14.2 Å². The molecule has 0 saturated heterocycles. The molecule has 0 bridgehead atoms. The van der Waals surface area contributed by atoms with Gasteiger partial charge >= 0.3 is 5.97 Å². The minimum absolute atomic E-state index is 0.000418. The molecule has 0 fully saturated rings. The number of anilines is 1. The summed E-state index contributed by atoms with van der Waals surface area (Å²) in [6, 6.07) is 16.0. The zero-order valence-corrected chi connectivity index (χ0v) is 18.1. The van der Waals surface area contributed by atoms with Crippen LogP contribution in [-0.2, 0) is 4.79 Å². The molecule has 0 aliphatic carbocycles. The van der Waals surface area contributed by atoms with E-state index in [2.05, 4.69) is 5.32 Å². The highest BCUT2D eigenvalue weighted by atomic mass is 19.1. The summed E-state index contributed by atoms with van der Waals surface area (Å²) in [6.45, 7) is 1.45. The molecule has 3 rings (SSSR count). The van der Waals surface area contributed by atoms with Gasteiger partial charge in [-0.15, -0.1) is 0 Å². The topological polar surface area (TPSA) is 90.9 Å². The fourth-order valence-corrected chi connectivity index (χ4v) is 2.87. The number of esters is 1. The van der Waals surface area contributed by atoms with Gasteiger partial charge in [0.15, 0.2) is 23.9 Å². The van der Waals surface area contributed by atoms with E-state index in [-0.39, 0.29) is 29.5 Å². The van der Waals surface area contributed by atoms with Crippen molar-refractivity contribution in [2.45, 2.75) is 13.3 Å². The zero-order valence-electron chi connectivity index (χ0n) is 18.1. The molecule has 0 aromatic heterocycles. The summed E-state index contributed by atoms with van der Waals surface area (Å²) in [5.74, 6) is -0.686. The predicted octanol–water partition coefficient (Wildman–Crippen LogP) is 4.66. The molecule has 0 spiro atoms. The number of methoxy groups -OCH3 is 1. The van der Waals surface area contributed by atoms with Crippen molar-refractivity contribution in [2.75, 3.05) is 19.0 Å². The second kappa shape index (κ2) is 10.9. The Morgan fingerprint density at radius 1 is 0.879 bits per heavy atom. The Hall–Kier alpha value is -4.20. The van der Waals surface area contributed by atoms with E-state index in [0.29, 0.717) is 23.4 Å². The van der Waals surface area contributed by atoms with Crippen molar-refractivity contribution in [3.63, 3.8) is 0 Å². The van der Waals surface area contributed by atoms with Crippen LogP contribution in [0.2, 0.25) is 0 Å². The average Bonchev–Trinajstić information content (AvgIpc) is 2.84. The van der Waals surface area contributed by atoms with Gasteiger partial charge in [0.1, 0.15) is 11.6 Å². The highest BCUT2D eigenvalue weighted by molar-refractivity contribution is 5.96. The lowest BCUT2D eigenvalue weighted by molar-refractivity contribution is -0.118. The number of nitrogens with one attached hydrogen (secondary N) is 1. The Labute approximate surface area is 190 Å². The third-order valence-electron chi connectivity index (χ3n) is 4.59. The van der Waals surface area contributed by atoms with Crippen LogP contribution in [0.5, 0.6) is 17.2 Å². The number of hydrogen-bond acceptors (Lipinski definition) is 6. The number of benzene rings is 3. The first-order valence-electron chi connectivity index (χ1n) is 10.1. The normalized spacial score (nSPS) is 10.3. The third-order valence-corrected chi connectivity index (χ3v) is 4.59. The summed E-state index contributed by atoms with van der Waals surface area (Å²) in [7, 11) is 1.40. The van der Waals surface area contributed by atoms with Crippen LogP contribution in [0.25, 0.3) is 0 Å². The zero-order chi connectivity index (χ0) is 23.8. The number of rotatable bonds is 9. The maximum absolute atomic E-state index is 13.0. The number of halogens is 1. The number of ketones is 1. The molecule has 0 atom stereocenters. The summed E-state index contributed by atoms with van der Waals surface area (Å²) in [5.41, 5.74) is 1.19. The Bertz CT molecular complexity index is 1140. The number of carbonyl (C=O) groups is 3. The Balaban J connectivity index is 1.61. The van der Waals surface area contributed by atoms with E-state index < -0.39 is 17.7 Å². The van der Waals surface area contributed by atoms with Crippen LogP contribution >= 0.6 is 0 Å². The Kier molecular flexibility index (Phi) is 7.75. The highest BCUT2D eigenvalue weighted by Crippen LogP contribution is 2.29.